The molecule has 0 radical (unpaired) electrons. The van der Waals surface area contributed by atoms with Gasteiger partial charge in [-0.2, -0.15) is 0 Å². The highest BCUT2D eigenvalue weighted by molar-refractivity contribution is 6.42. The topological polar surface area (TPSA) is 38.0 Å². The molecule has 19 heavy (non-hydrogen) atoms. The fourth-order valence-corrected chi connectivity index (χ4v) is 3.07. The third-order valence-electron chi connectivity index (χ3n) is 3.87. The Hall–Kier alpha value is -0.280. The van der Waals surface area contributed by atoms with Gasteiger partial charge in [-0.25, -0.2) is 0 Å². The van der Waals surface area contributed by atoms with Gasteiger partial charge in [-0.05, 0) is 30.5 Å². The standard InChI is InChI=1S/C15H22Cl2N2/c16-13-8-7-11(9-14(13)17)15(10-18)19-12-5-3-1-2-4-6-12/h7-9,12,15,19H,1-6,10,18H2. The zero-order chi connectivity index (χ0) is 13.7. The first-order chi connectivity index (χ1) is 9.20. The molecule has 1 fully saturated rings. The van der Waals surface area contributed by atoms with Crippen LogP contribution in [0.25, 0.3) is 0 Å². The molecule has 4 heteroatoms. The van der Waals surface area contributed by atoms with E-state index in [2.05, 4.69) is 5.32 Å². The number of rotatable bonds is 4. The molecule has 2 rings (SSSR count). The maximum atomic E-state index is 6.08. The van der Waals surface area contributed by atoms with Crippen LogP contribution >= 0.6 is 23.2 Å². The zero-order valence-electron chi connectivity index (χ0n) is 11.2. The minimum absolute atomic E-state index is 0.165. The molecule has 0 saturated heterocycles. The van der Waals surface area contributed by atoms with Gasteiger partial charge in [0, 0.05) is 18.6 Å². The molecule has 1 unspecified atom stereocenters. The average Bonchev–Trinajstić information content (AvgIpc) is 2.68. The van der Waals surface area contributed by atoms with Crippen LogP contribution in [0.3, 0.4) is 0 Å². The van der Waals surface area contributed by atoms with Crippen LogP contribution in [0.2, 0.25) is 10.0 Å². The van der Waals surface area contributed by atoms with Crippen molar-refractivity contribution in [3.63, 3.8) is 0 Å². The largest absolute Gasteiger partial charge is 0.329 e. The fourth-order valence-electron chi connectivity index (χ4n) is 2.76. The Morgan fingerprint density at radius 1 is 1.11 bits per heavy atom. The first-order valence-electron chi connectivity index (χ1n) is 7.12. The molecule has 0 heterocycles. The minimum Gasteiger partial charge on any atom is -0.329 e. The Labute approximate surface area is 125 Å². The van der Waals surface area contributed by atoms with Crippen LogP contribution in [0.1, 0.15) is 50.1 Å². The predicted molar refractivity (Wildman–Crippen MR) is 82.9 cm³/mol. The van der Waals surface area contributed by atoms with E-state index in [9.17, 15) is 0 Å². The van der Waals surface area contributed by atoms with Crippen molar-refractivity contribution in [3.05, 3.63) is 33.8 Å². The van der Waals surface area contributed by atoms with E-state index in [1.807, 2.05) is 18.2 Å². The van der Waals surface area contributed by atoms with E-state index in [1.54, 1.807) is 0 Å². The van der Waals surface area contributed by atoms with E-state index in [-0.39, 0.29) is 6.04 Å². The summed E-state index contributed by atoms with van der Waals surface area (Å²) in [5, 5.41) is 4.87. The molecule has 0 amide bonds. The number of nitrogens with one attached hydrogen (secondary N) is 1. The summed E-state index contributed by atoms with van der Waals surface area (Å²) in [4.78, 5) is 0. The summed E-state index contributed by atoms with van der Waals surface area (Å²) in [6.45, 7) is 0.578. The molecule has 1 atom stereocenters. The lowest BCUT2D eigenvalue weighted by molar-refractivity contribution is 0.402. The summed E-state index contributed by atoms with van der Waals surface area (Å²) < 4.78 is 0. The van der Waals surface area contributed by atoms with Crippen LogP contribution in [-0.4, -0.2) is 12.6 Å². The Bertz CT molecular complexity index is 401. The zero-order valence-corrected chi connectivity index (χ0v) is 12.7. The van der Waals surface area contributed by atoms with Crippen molar-refractivity contribution >= 4 is 23.2 Å². The van der Waals surface area contributed by atoms with Crippen molar-refractivity contribution in [3.8, 4) is 0 Å². The van der Waals surface area contributed by atoms with Crippen LogP contribution in [0.5, 0.6) is 0 Å². The smallest absolute Gasteiger partial charge is 0.0595 e. The van der Waals surface area contributed by atoms with E-state index in [0.29, 0.717) is 22.6 Å². The van der Waals surface area contributed by atoms with Crippen LogP contribution in [0, 0.1) is 0 Å². The first-order valence-corrected chi connectivity index (χ1v) is 7.87. The highest BCUT2D eigenvalue weighted by atomic mass is 35.5. The predicted octanol–water partition coefficient (Wildman–Crippen LogP) is 4.31. The second kappa shape index (κ2) is 7.49. The monoisotopic (exact) mass is 300 g/mol. The Morgan fingerprint density at radius 3 is 2.37 bits per heavy atom. The molecule has 0 aromatic heterocycles. The van der Waals surface area contributed by atoms with E-state index >= 15 is 0 Å². The lowest BCUT2D eigenvalue weighted by atomic mass is 10.0. The van der Waals surface area contributed by atoms with Crippen LogP contribution in [0.15, 0.2) is 18.2 Å². The second-order valence-corrected chi connectivity index (χ2v) is 6.13. The lowest BCUT2D eigenvalue weighted by Crippen LogP contribution is -2.36. The van der Waals surface area contributed by atoms with Crippen molar-refractivity contribution in [2.75, 3.05) is 6.54 Å². The van der Waals surface area contributed by atoms with Crippen LogP contribution in [-0.2, 0) is 0 Å². The molecule has 1 aromatic rings. The van der Waals surface area contributed by atoms with Crippen molar-refractivity contribution < 1.29 is 0 Å². The summed E-state index contributed by atoms with van der Waals surface area (Å²) in [7, 11) is 0. The van der Waals surface area contributed by atoms with Gasteiger partial charge < -0.3 is 11.1 Å². The highest BCUT2D eigenvalue weighted by Crippen LogP contribution is 2.26. The first kappa shape index (κ1) is 15.1. The van der Waals surface area contributed by atoms with E-state index in [1.165, 1.54) is 38.5 Å². The van der Waals surface area contributed by atoms with Gasteiger partial charge in [0.25, 0.3) is 0 Å². The summed E-state index contributed by atoms with van der Waals surface area (Å²) in [6.07, 6.45) is 7.85. The second-order valence-electron chi connectivity index (χ2n) is 5.32. The quantitative estimate of drug-likeness (QED) is 0.813. The normalized spacial score (nSPS) is 19.1. The van der Waals surface area contributed by atoms with Crippen molar-refractivity contribution in [2.45, 2.75) is 50.6 Å². The third-order valence-corrected chi connectivity index (χ3v) is 4.61. The third kappa shape index (κ3) is 4.35. The van der Waals surface area contributed by atoms with Gasteiger partial charge in [-0.15, -0.1) is 0 Å². The molecule has 1 aliphatic rings. The molecule has 3 N–H and O–H groups in total. The number of hydrogen-bond acceptors (Lipinski definition) is 2. The van der Waals surface area contributed by atoms with Gasteiger partial charge in [0.15, 0.2) is 0 Å². The van der Waals surface area contributed by atoms with Gasteiger partial charge >= 0.3 is 0 Å². The number of benzene rings is 1. The van der Waals surface area contributed by atoms with E-state index in [0.717, 1.165) is 5.56 Å². The van der Waals surface area contributed by atoms with Gasteiger partial charge in [0.2, 0.25) is 0 Å². The number of nitrogens with two attached hydrogens (primary N) is 1. The van der Waals surface area contributed by atoms with Crippen LogP contribution < -0.4 is 11.1 Å². The molecule has 0 bridgehead atoms. The molecule has 0 spiro atoms. The Kier molecular flexibility index (Phi) is 5.96. The van der Waals surface area contributed by atoms with Gasteiger partial charge in [-0.3, -0.25) is 0 Å². The lowest BCUT2D eigenvalue weighted by Gasteiger charge is -2.24. The molecule has 1 saturated carbocycles. The fraction of sp³-hybridized carbons (Fsp3) is 0.600. The molecule has 1 aliphatic carbocycles. The van der Waals surface area contributed by atoms with Gasteiger partial charge in [0.1, 0.15) is 0 Å². The summed E-state index contributed by atoms with van der Waals surface area (Å²) in [5.41, 5.74) is 7.04. The summed E-state index contributed by atoms with van der Waals surface area (Å²) >= 11 is 12.0. The maximum Gasteiger partial charge on any atom is 0.0595 e. The summed E-state index contributed by atoms with van der Waals surface area (Å²) in [6, 6.07) is 6.51. The SMILES string of the molecule is NCC(NC1CCCCCC1)c1ccc(Cl)c(Cl)c1. The average molecular weight is 301 g/mol. The van der Waals surface area contributed by atoms with Crippen molar-refractivity contribution in [2.24, 2.45) is 5.73 Å². The Balaban J connectivity index is 2.03. The van der Waals surface area contributed by atoms with Crippen molar-refractivity contribution in [1.82, 2.24) is 5.32 Å². The minimum atomic E-state index is 0.165. The Morgan fingerprint density at radius 2 is 1.79 bits per heavy atom. The molecular formula is C15H22Cl2N2. The summed E-state index contributed by atoms with van der Waals surface area (Å²) in [5.74, 6) is 0. The molecule has 1 aromatic carbocycles. The highest BCUT2D eigenvalue weighted by Gasteiger charge is 2.18. The molecule has 2 nitrogen and oxygen atoms in total. The molecule has 0 aliphatic heterocycles. The molecular weight excluding hydrogens is 279 g/mol. The van der Waals surface area contributed by atoms with E-state index < -0.39 is 0 Å². The number of halogens is 2. The van der Waals surface area contributed by atoms with Crippen LogP contribution in [0.4, 0.5) is 0 Å². The number of hydrogen-bond donors (Lipinski definition) is 2. The van der Waals surface area contributed by atoms with E-state index in [4.69, 9.17) is 28.9 Å². The van der Waals surface area contributed by atoms with Gasteiger partial charge in [0.05, 0.1) is 10.0 Å². The maximum absolute atomic E-state index is 6.08. The van der Waals surface area contributed by atoms with Gasteiger partial charge in [-0.1, -0.05) is 55.0 Å². The van der Waals surface area contributed by atoms with Crippen molar-refractivity contribution in [1.29, 1.82) is 0 Å². The molecule has 106 valence electrons.